The van der Waals surface area contributed by atoms with Crippen LogP contribution in [0.4, 0.5) is 5.69 Å². The predicted molar refractivity (Wildman–Crippen MR) is 107 cm³/mol. The molecule has 0 atom stereocenters. The lowest BCUT2D eigenvalue weighted by Crippen LogP contribution is -2.40. The van der Waals surface area contributed by atoms with Crippen molar-refractivity contribution >= 4 is 44.7 Å². The monoisotopic (exact) mass is 458 g/mol. The van der Waals surface area contributed by atoms with Crippen LogP contribution in [0.1, 0.15) is 10.6 Å². The Hall–Kier alpha value is -2.06. The molecule has 1 aliphatic rings. The summed E-state index contributed by atoms with van der Waals surface area (Å²) >= 11 is 2.32. The van der Waals surface area contributed by atoms with Crippen molar-refractivity contribution in [2.45, 2.75) is 27.5 Å². The van der Waals surface area contributed by atoms with Gasteiger partial charge in [-0.3, -0.25) is 14.9 Å². The number of morpholine rings is 1. The number of rotatable bonds is 7. The number of nitrogens with two attached hydrogens (primary N) is 1. The lowest BCUT2D eigenvalue weighted by molar-refractivity contribution is -0.385. The number of primary amides is 1. The average molecular weight is 459 g/mol. The molecule has 1 amide bonds. The fourth-order valence-electron chi connectivity index (χ4n) is 2.68. The summed E-state index contributed by atoms with van der Waals surface area (Å²) in [6.45, 7) is 2.61. The second-order valence-corrected chi connectivity index (χ2v) is 10.4. The number of amides is 1. The molecule has 1 aromatic heterocycles. The van der Waals surface area contributed by atoms with Gasteiger partial charge in [0.2, 0.25) is 15.9 Å². The Bertz CT molecular complexity index is 1050. The number of nitrogens with zero attached hydrogens (tertiary/aromatic N) is 3. The number of aromatic nitrogens is 1. The zero-order valence-corrected chi connectivity index (χ0v) is 17.8. The Labute approximate surface area is 175 Å². The van der Waals surface area contributed by atoms with Crippen molar-refractivity contribution in [1.29, 1.82) is 0 Å². The summed E-state index contributed by atoms with van der Waals surface area (Å²) in [5, 5.41) is 11.2. The zero-order valence-electron chi connectivity index (χ0n) is 15.4. The topological polar surface area (TPSA) is 146 Å². The van der Waals surface area contributed by atoms with Gasteiger partial charge >= 0.3 is 0 Å². The zero-order chi connectivity index (χ0) is 21.2. The standard InChI is InChI=1S/C16H18N4O6S3/c1-10-13(9-15(17)21)28-16(18-10)27-12-3-2-11(20(22)23)8-14(12)29(24,25)19-4-6-26-7-5-19/h2-3,8H,4-7,9H2,1H3,(H2,17,21). The van der Waals surface area contributed by atoms with Crippen molar-refractivity contribution in [3.05, 3.63) is 38.9 Å². The molecule has 1 aromatic carbocycles. The number of carbonyl (C=O) groups excluding carboxylic acids is 1. The molecule has 156 valence electrons. The molecule has 3 rings (SSSR count). The largest absolute Gasteiger partial charge is 0.379 e. The summed E-state index contributed by atoms with van der Waals surface area (Å²) in [5.41, 5.74) is 5.56. The van der Waals surface area contributed by atoms with Crippen LogP contribution in [0.5, 0.6) is 0 Å². The number of non-ortho nitro benzene ring substituents is 1. The fraction of sp³-hybridized carbons (Fsp3) is 0.375. The number of carbonyl (C=O) groups is 1. The Morgan fingerprint density at radius 3 is 2.72 bits per heavy atom. The van der Waals surface area contributed by atoms with E-state index in [-0.39, 0.29) is 43.3 Å². The summed E-state index contributed by atoms with van der Waals surface area (Å²) in [7, 11) is -3.96. The fourth-order valence-corrected chi connectivity index (χ4v) is 6.83. The number of sulfonamides is 1. The van der Waals surface area contributed by atoms with Gasteiger partial charge in [-0.25, -0.2) is 13.4 Å². The summed E-state index contributed by atoms with van der Waals surface area (Å²) in [4.78, 5) is 27.0. The summed E-state index contributed by atoms with van der Waals surface area (Å²) in [6, 6.07) is 3.73. The Kier molecular flexibility index (Phi) is 6.53. The molecule has 0 spiro atoms. The molecular weight excluding hydrogens is 440 g/mol. The van der Waals surface area contributed by atoms with Gasteiger partial charge in [-0.05, 0) is 13.0 Å². The molecule has 0 unspecified atom stereocenters. The first-order valence-electron chi connectivity index (χ1n) is 8.47. The van der Waals surface area contributed by atoms with Gasteiger partial charge in [0.1, 0.15) is 4.90 Å². The second kappa shape index (κ2) is 8.75. The first-order valence-corrected chi connectivity index (χ1v) is 11.5. The van der Waals surface area contributed by atoms with E-state index in [1.54, 1.807) is 6.92 Å². The third-order valence-corrected chi connectivity index (χ3v) is 8.49. The third kappa shape index (κ3) is 4.93. The maximum Gasteiger partial charge on any atom is 0.270 e. The number of ether oxygens (including phenoxy) is 1. The first-order chi connectivity index (χ1) is 13.7. The highest BCUT2D eigenvalue weighted by atomic mass is 32.2. The van der Waals surface area contributed by atoms with Gasteiger partial charge in [-0.2, -0.15) is 4.31 Å². The summed E-state index contributed by atoms with van der Waals surface area (Å²) in [5.74, 6) is -0.487. The van der Waals surface area contributed by atoms with E-state index in [0.717, 1.165) is 17.8 Å². The van der Waals surface area contributed by atoms with Crippen molar-refractivity contribution in [2.75, 3.05) is 26.3 Å². The quantitative estimate of drug-likeness (QED) is 0.486. The van der Waals surface area contributed by atoms with Gasteiger partial charge in [0.05, 0.1) is 30.3 Å². The van der Waals surface area contributed by atoms with E-state index in [1.165, 1.54) is 27.8 Å². The minimum atomic E-state index is -3.96. The van der Waals surface area contributed by atoms with Crippen LogP contribution in [-0.2, 0) is 26.0 Å². The lowest BCUT2D eigenvalue weighted by atomic mass is 10.3. The predicted octanol–water partition coefficient (Wildman–Crippen LogP) is 1.56. The van der Waals surface area contributed by atoms with Crippen molar-refractivity contribution in [1.82, 2.24) is 9.29 Å². The average Bonchev–Trinajstić information content (AvgIpc) is 3.00. The maximum atomic E-state index is 13.1. The SMILES string of the molecule is Cc1nc(Sc2ccc([N+](=O)[O-])cc2S(=O)(=O)N2CCOCC2)sc1CC(N)=O. The van der Waals surface area contributed by atoms with Crippen LogP contribution >= 0.6 is 23.1 Å². The van der Waals surface area contributed by atoms with Crippen LogP contribution in [0.25, 0.3) is 0 Å². The molecule has 1 aliphatic heterocycles. The molecule has 2 aromatic rings. The molecule has 10 nitrogen and oxygen atoms in total. The van der Waals surface area contributed by atoms with E-state index < -0.39 is 20.9 Å². The molecular formula is C16H18N4O6S3. The van der Waals surface area contributed by atoms with E-state index in [0.29, 0.717) is 19.8 Å². The second-order valence-electron chi connectivity index (χ2n) is 6.14. The molecule has 29 heavy (non-hydrogen) atoms. The molecule has 1 fully saturated rings. The number of benzene rings is 1. The van der Waals surface area contributed by atoms with Crippen molar-refractivity contribution in [2.24, 2.45) is 5.73 Å². The molecule has 0 radical (unpaired) electrons. The normalized spacial score (nSPS) is 15.3. The first kappa shape index (κ1) is 21.6. The van der Waals surface area contributed by atoms with Crippen LogP contribution < -0.4 is 5.73 Å². The highest BCUT2D eigenvalue weighted by Gasteiger charge is 2.31. The molecule has 0 bridgehead atoms. The highest BCUT2D eigenvalue weighted by Crippen LogP contribution is 2.39. The number of nitro benzene ring substituents is 1. The van der Waals surface area contributed by atoms with Gasteiger partial charge in [0.25, 0.3) is 5.69 Å². The minimum Gasteiger partial charge on any atom is -0.379 e. The van der Waals surface area contributed by atoms with E-state index in [9.17, 15) is 23.3 Å². The van der Waals surface area contributed by atoms with Crippen LogP contribution in [-0.4, -0.2) is 54.8 Å². The van der Waals surface area contributed by atoms with Crippen LogP contribution in [0.2, 0.25) is 0 Å². The van der Waals surface area contributed by atoms with E-state index >= 15 is 0 Å². The lowest BCUT2D eigenvalue weighted by Gasteiger charge is -2.26. The van der Waals surface area contributed by atoms with Gasteiger partial charge in [-0.1, -0.05) is 11.8 Å². The number of aryl methyl sites for hydroxylation is 1. The van der Waals surface area contributed by atoms with E-state index in [4.69, 9.17) is 10.5 Å². The molecule has 2 N–H and O–H groups in total. The van der Waals surface area contributed by atoms with Crippen molar-refractivity contribution in [3.8, 4) is 0 Å². The van der Waals surface area contributed by atoms with Crippen LogP contribution in [0.3, 0.4) is 0 Å². The van der Waals surface area contributed by atoms with Crippen molar-refractivity contribution in [3.63, 3.8) is 0 Å². The number of hydrogen-bond donors (Lipinski definition) is 1. The third-order valence-electron chi connectivity index (χ3n) is 4.13. The Balaban J connectivity index is 2.00. The van der Waals surface area contributed by atoms with Gasteiger partial charge in [-0.15, -0.1) is 11.3 Å². The van der Waals surface area contributed by atoms with Gasteiger partial charge in [0, 0.05) is 35.0 Å². The summed E-state index contributed by atoms with van der Waals surface area (Å²) in [6.07, 6.45) is 0.0449. The number of thiazole rings is 1. The summed E-state index contributed by atoms with van der Waals surface area (Å²) < 4.78 is 33.3. The van der Waals surface area contributed by atoms with Gasteiger partial charge in [0.15, 0.2) is 4.34 Å². The number of nitro groups is 1. The highest BCUT2D eigenvalue weighted by molar-refractivity contribution is 8.01. The molecule has 1 saturated heterocycles. The molecule has 2 heterocycles. The van der Waals surface area contributed by atoms with E-state index in [1.807, 2.05) is 0 Å². The Morgan fingerprint density at radius 1 is 1.41 bits per heavy atom. The van der Waals surface area contributed by atoms with Crippen molar-refractivity contribution < 1.29 is 22.9 Å². The maximum absolute atomic E-state index is 13.1. The minimum absolute atomic E-state index is 0.0449. The Morgan fingerprint density at radius 2 is 2.10 bits per heavy atom. The van der Waals surface area contributed by atoms with Gasteiger partial charge < -0.3 is 10.5 Å². The molecule has 0 saturated carbocycles. The van der Waals surface area contributed by atoms with E-state index in [2.05, 4.69) is 4.98 Å². The molecule has 0 aliphatic carbocycles. The number of hydrogen-bond acceptors (Lipinski definition) is 9. The molecule has 13 heteroatoms. The van der Waals surface area contributed by atoms with Crippen LogP contribution in [0, 0.1) is 17.0 Å². The van der Waals surface area contributed by atoms with Crippen LogP contribution in [0.15, 0.2) is 32.3 Å². The smallest absolute Gasteiger partial charge is 0.270 e.